The van der Waals surface area contributed by atoms with Crippen molar-refractivity contribution in [2.45, 2.75) is 45.6 Å². The molecule has 1 aliphatic carbocycles. The van der Waals surface area contributed by atoms with E-state index in [1.165, 1.54) is 24.8 Å². The maximum absolute atomic E-state index is 9.16. The number of hydrogen-bond acceptors (Lipinski definition) is 2. The van der Waals surface area contributed by atoms with Gasteiger partial charge in [0, 0.05) is 6.54 Å². The Morgan fingerprint density at radius 3 is 2.68 bits per heavy atom. The van der Waals surface area contributed by atoms with Crippen LogP contribution in [0.5, 0.6) is 0 Å². The molecule has 0 unspecified atom stereocenters. The monoisotopic (exact) mass is 254 g/mol. The molecule has 2 aliphatic rings. The highest BCUT2D eigenvalue weighted by molar-refractivity contribution is 5.35. The summed E-state index contributed by atoms with van der Waals surface area (Å²) in [5.74, 6) is 0. The van der Waals surface area contributed by atoms with E-state index in [-0.39, 0.29) is 5.41 Å². The number of fused-ring (bicyclic) bond motifs is 1. The molecule has 0 N–H and O–H groups in total. The number of benzene rings is 1. The van der Waals surface area contributed by atoms with Crippen molar-refractivity contribution in [2.75, 3.05) is 13.1 Å². The van der Waals surface area contributed by atoms with Gasteiger partial charge in [0.15, 0.2) is 0 Å². The molecule has 0 aromatic heterocycles. The van der Waals surface area contributed by atoms with Crippen molar-refractivity contribution >= 4 is 0 Å². The molecular formula is C17H22N2. The van der Waals surface area contributed by atoms with Crippen molar-refractivity contribution < 1.29 is 0 Å². The lowest BCUT2D eigenvalue weighted by Crippen LogP contribution is -2.37. The largest absolute Gasteiger partial charge is 0.299 e. The number of hydrogen-bond donors (Lipinski definition) is 0. The average Bonchev–Trinajstić information content (AvgIpc) is 2.89. The predicted octanol–water partition coefficient (Wildman–Crippen LogP) is 3.30. The maximum atomic E-state index is 9.16. The van der Waals surface area contributed by atoms with Crippen LogP contribution in [0.4, 0.5) is 0 Å². The summed E-state index contributed by atoms with van der Waals surface area (Å²) in [6, 6.07) is 9.49. The molecule has 0 amide bonds. The van der Waals surface area contributed by atoms with Gasteiger partial charge in [-0.05, 0) is 68.8 Å². The summed E-state index contributed by atoms with van der Waals surface area (Å²) in [5, 5.41) is 9.16. The van der Waals surface area contributed by atoms with Crippen molar-refractivity contribution in [1.82, 2.24) is 4.90 Å². The van der Waals surface area contributed by atoms with Crippen molar-refractivity contribution in [3.63, 3.8) is 0 Å². The molecule has 0 radical (unpaired) electrons. The third-order valence-electron chi connectivity index (χ3n) is 4.80. The van der Waals surface area contributed by atoms with Crippen LogP contribution in [0.25, 0.3) is 0 Å². The zero-order valence-corrected chi connectivity index (χ0v) is 11.8. The van der Waals surface area contributed by atoms with Crippen LogP contribution in [0.15, 0.2) is 18.2 Å². The number of piperidine rings is 1. The van der Waals surface area contributed by atoms with Crippen LogP contribution >= 0.6 is 0 Å². The van der Waals surface area contributed by atoms with Crippen LogP contribution in [0.2, 0.25) is 0 Å². The molecule has 1 saturated heterocycles. The van der Waals surface area contributed by atoms with Crippen LogP contribution < -0.4 is 0 Å². The van der Waals surface area contributed by atoms with E-state index < -0.39 is 0 Å². The first kappa shape index (κ1) is 12.7. The third-order valence-corrected chi connectivity index (χ3v) is 4.80. The normalized spacial score (nSPS) is 21.9. The number of likely N-dealkylation sites (tertiary alicyclic amines) is 1. The summed E-state index contributed by atoms with van der Waals surface area (Å²) in [5.41, 5.74) is 4.48. The van der Waals surface area contributed by atoms with Crippen molar-refractivity contribution in [1.29, 1.82) is 5.26 Å². The van der Waals surface area contributed by atoms with Gasteiger partial charge >= 0.3 is 0 Å². The molecule has 1 fully saturated rings. The molecule has 3 rings (SSSR count). The van der Waals surface area contributed by atoms with Crippen LogP contribution in [0.3, 0.4) is 0 Å². The van der Waals surface area contributed by atoms with Gasteiger partial charge in [-0.1, -0.05) is 18.2 Å². The SMILES string of the molecule is CC1(C#N)CCN(Cc2ccc3c(c2)CCC3)CC1. The molecule has 0 spiro atoms. The fraction of sp³-hybridized carbons (Fsp3) is 0.588. The van der Waals surface area contributed by atoms with Crippen LogP contribution in [0, 0.1) is 16.7 Å². The molecular weight excluding hydrogens is 232 g/mol. The summed E-state index contributed by atoms with van der Waals surface area (Å²) in [7, 11) is 0. The first-order valence-corrected chi connectivity index (χ1v) is 7.43. The van der Waals surface area contributed by atoms with E-state index in [0.29, 0.717) is 0 Å². The second kappa shape index (κ2) is 4.98. The Morgan fingerprint density at radius 2 is 1.95 bits per heavy atom. The van der Waals surface area contributed by atoms with Crippen molar-refractivity contribution in [3.8, 4) is 6.07 Å². The van der Waals surface area contributed by atoms with Crippen LogP contribution in [-0.2, 0) is 19.4 Å². The van der Waals surface area contributed by atoms with Crippen molar-refractivity contribution in [3.05, 3.63) is 34.9 Å². The lowest BCUT2D eigenvalue weighted by atomic mass is 9.82. The molecule has 1 aliphatic heterocycles. The smallest absolute Gasteiger partial charge is 0.0687 e. The van der Waals surface area contributed by atoms with Gasteiger partial charge in [-0.2, -0.15) is 5.26 Å². The molecule has 2 heteroatoms. The standard InChI is InChI=1S/C17H22N2/c1-17(13-18)7-9-19(10-8-17)12-14-5-6-15-3-2-4-16(15)11-14/h5-6,11H,2-4,7-10,12H2,1H3. The molecule has 0 bridgehead atoms. The van der Waals surface area contributed by atoms with Gasteiger partial charge in [-0.25, -0.2) is 0 Å². The molecule has 0 atom stereocenters. The topological polar surface area (TPSA) is 27.0 Å². The highest BCUT2D eigenvalue weighted by Crippen LogP contribution is 2.31. The lowest BCUT2D eigenvalue weighted by Gasteiger charge is -2.35. The van der Waals surface area contributed by atoms with Crippen molar-refractivity contribution in [2.24, 2.45) is 5.41 Å². The Kier molecular flexibility index (Phi) is 3.33. The van der Waals surface area contributed by atoms with E-state index in [4.69, 9.17) is 5.26 Å². The first-order chi connectivity index (χ1) is 9.18. The van der Waals surface area contributed by atoms with E-state index >= 15 is 0 Å². The molecule has 1 aromatic carbocycles. The molecule has 100 valence electrons. The average molecular weight is 254 g/mol. The zero-order chi connectivity index (χ0) is 13.3. The maximum Gasteiger partial charge on any atom is 0.0687 e. The van der Waals surface area contributed by atoms with Gasteiger partial charge in [0.25, 0.3) is 0 Å². The van der Waals surface area contributed by atoms with E-state index in [1.807, 2.05) is 0 Å². The zero-order valence-electron chi connectivity index (χ0n) is 11.8. The molecule has 2 nitrogen and oxygen atoms in total. The minimum Gasteiger partial charge on any atom is -0.299 e. The van der Waals surface area contributed by atoms with Crippen LogP contribution in [0.1, 0.15) is 42.9 Å². The van der Waals surface area contributed by atoms with E-state index in [9.17, 15) is 0 Å². The summed E-state index contributed by atoms with van der Waals surface area (Å²) < 4.78 is 0. The summed E-state index contributed by atoms with van der Waals surface area (Å²) in [4.78, 5) is 2.50. The number of aryl methyl sites for hydroxylation is 2. The van der Waals surface area contributed by atoms with Gasteiger partial charge in [0.05, 0.1) is 11.5 Å². The molecule has 1 aromatic rings. The van der Waals surface area contributed by atoms with Gasteiger partial charge < -0.3 is 0 Å². The number of rotatable bonds is 2. The Morgan fingerprint density at radius 1 is 1.21 bits per heavy atom. The van der Waals surface area contributed by atoms with Gasteiger partial charge in [0.1, 0.15) is 0 Å². The Hall–Kier alpha value is -1.33. The predicted molar refractivity (Wildman–Crippen MR) is 76.7 cm³/mol. The van der Waals surface area contributed by atoms with E-state index in [2.05, 4.69) is 36.1 Å². The quantitative estimate of drug-likeness (QED) is 0.809. The second-order valence-electron chi connectivity index (χ2n) is 6.41. The fourth-order valence-electron chi connectivity index (χ4n) is 3.30. The first-order valence-electron chi connectivity index (χ1n) is 7.43. The number of nitrogens with zero attached hydrogens (tertiary/aromatic N) is 2. The van der Waals surface area contributed by atoms with Gasteiger partial charge in [-0.3, -0.25) is 4.90 Å². The van der Waals surface area contributed by atoms with E-state index in [0.717, 1.165) is 32.5 Å². The van der Waals surface area contributed by atoms with Gasteiger partial charge in [-0.15, -0.1) is 0 Å². The van der Waals surface area contributed by atoms with Crippen LogP contribution in [-0.4, -0.2) is 18.0 Å². The highest BCUT2D eigenvalue weighted by atomic mass is 15.1. The molecule has 19 heavy (non-hydrogen) atoms. The Labute approximate surface area is 116 Å². The molecule has 0 saturated carbocycles. The minimum absolute atomic E-state index is 0.0889. The fourth-order valence-corrected chi connectivity index (χ4v) is 3.30. The summed E-state index contributed by atoms with van der Waals surface area (Å²) in [6.45, 7) is 5.26. The van der Waals surface area contributed by atoms with Gasteiger partial charge in [0.2, 0.25) is 0 Å². The summed E-state index contributed by atoms with van der Waals surface area (Å²) >= 11 is 0. The molecule has 1 heterocycles. The second-order valence-corrected chi connectivity index (χ2v) is 6.41. The highest BCUT2D eigenvalue weighted by Gasteiger charge is 2.29. The third kappa shape index (κ3) is 2.67. The Bertz CT molecular complexity index is 504. The Balaban J connectivity index is 1.62. The summed E-state index contributed by atoms with van der Waals surface area (Å²) in [6.07, 6.45) is 5.86. The lowest BCUT2D eigenvalue weighted by molar-refractivity contribution is 0.150. The minimum atomic E-state index is -0.0889. The van der Waals surface area contributed by atoms with E-state index in [1.54, 1.807) is 11.1 Å². The number of nitriles is 1.